The minimum absolute atomic E-state index is 0.202. The van der Waals surface area contributed by atoms with Gasteiger partial charge >= 0.3 is 12.0 Å². The largest absolute Gasteiger partial charge is 0.455 e. The van der Waals surface area contributed by atoms with E-state index in [-0.39, 0.29) is 23.8 Å². The van der Waals surface area contributed by atoms with Crippen LogP contribution in [0, 0.1) is 5.92 Å². The van der Waals surface area contributed by atoms with Crippen LogP contribution in [-0.2, 0) is 30.9 Å². The Hall–Kier alpha value is -2.76. The summed E-state index contributed by atoms with van der Waals surface area (Å²) in [6, 6.07) is 11.7. The van der Waals surface area contributed by atoms with E-state index in [1.807, 2.05) is 30.3 Å². The molecule has 1 aliphatic rings. The zero-order chi connectivity index (χ0) is 22.3. The van der Waals surface area contributed by atoms with Crippen LogP contribution < -0.4 is 10.6 Å². The summed E-state index contributed by atoms with van der Waals surface area (Å²) in [4.78, 5) is 35.8. The van der Waals surface area contributed by atoms with E-state index in [1.54, 1.807) is 17.5 Å². The van der Waals surface area contributed by atoms with Gasteiger partial charge in [-0.15, -0.1) is 11.3 Å². The Morgan fingerprint density at radius 2 is 1.77 bits per heavy atom. The molecule has 0 unspecified atom stereocenters. The number of hydrogen-bond donors (Lipinski definition) is 2. The van der Waals surface area contributed by atoms with E-state index >= 15 is 0 Å². The van der Waals surface area contributed by atoms with E-state index in [0.717, 1.165) is 16.9 Å². The lowest BCUT2D eigenvalue weighted by molar-refractivity contribution is -0.153. The van der Waals surface area contributed by atoms with Crippen molar-refractivity contribution in [1.29, 1.82) is 0 Å². The van der Waals surface area contributed by atoms with Crippen LogP contribution in [0.3, 0.4) is 0 Å². The molecule has 166 valence electrons. The summed E-state index contributed by atoms with van der Waals surface area (Å²) in [5.41, 5.74) is 0.879. The average molecular weight is 466 g/mol. The number of ether oxygens (including phenoxy) is 1. The molecule has 9 nitrogen and oxygen atoms in total. The Balaban J connectivity index is 1.37. The summed E-state index contributed by atoms with van der Waals surface area (Å²) < 4.78 is 31.7. The molecule has 0 saturated carbocycles. The van der Waals surface area contributed by atoms with Gasteiger partial charge in [0.15, 0.2) is 6.61 Å². The smallest absolute Gasteiger partial charge is 0.321 e. The second kappa shape index (κ2) is 10.5. The first-order valence-electron chi connectivity index (χ1n) is 9.68. The molecule has 0 atom stereocenters. The summed E-state index contributed by atoms with van der Waals surface area (Å²) >= 11 is 1.15. The normalized spacial score (nSPS) is 15.2. The van der Waals surface area contributed by atoms with E-state index in [4.69, 9.17) is 4.74 Å². The van der Waals surface area contributed by atoms with Gasteiger partial charge in [0.25, 0.3) is 15.9 Å². The standard InChI is InChI=1S/C20H23N3O6S2/c24-17(22-20(26)21-13-15-5-2-1-3-6-15)14-29-19(25)16-8-10-23(11-9-16)31(27,28)18-7-4-12-30-18/h1-7,12,16H,8-11,13-14H2,(H2,21,22,24,26). The fourth-order valence-corrected chi connectivity index (χ4v) is 5.72. The van der Waals surface area contributed by atoms with E-state index in [2.05, 4.69) is 10.6 Å². The van der Waals surface area contributed by atoms with Gasteiger partial charge in [-0.3, -0.25) is 14.9 Å². The van der Waals surface area contributed by atoms with Gasteiger partial charge in [-0.25, -0.2) is 13.2 Å². The van der Waals surface area contributed by atoms with Crippen LogP contribution in [-0.4, -0.2) is 50.3 Å². The Kier molecular flexibility index (Phi) is 7.77. The topological polar surface area (TPSA) is 122 Å². The summed E-state index contributed by atoms with van der Waals surface area (Å²) in [6.45, 7) is 0.0835. The summed E-state index contributed by atoms with van der Waals surface area (Å²) in [5, 5.41) is 6.34. The predicted octanol–water partition coefficient (Wildman–Crippen LogP) is 1.72. The first-order valence-corrected chi connectivity index (χ1v) is 12.0. The van der Waals surface area contributed by atoms with Crippen LogP contribution in [0.5, 0.6) is 0 Å². The number of esters is 1. The monoisotopic (exact) mass is 465 g/mol. The Morgan fingerprint density at radius 3 is 2.42 bits per heavy atom. The molecule has 1 saturated heterocycles. The van der Waals surface area contributed by atoms with Crippen molar-refractivity contribution in [1.82, 2.24) is 14.9 Å². The molecule has 0 radical (unpaired) electrons. The van der Waals surface area contributed by atoms with Crippen molar-refractivity contribution in [2.24, 2.45) is 5.92 Å². The maximum atomic E-state index is 12.5. The highest BCUT2D eigenvalue weighted by molar-refractivity contribution is 7.91. The molecule has 2 aromatic rings. The molecule has 1 fully saturated rings. The number of urea groups is 1. The number of hydrogen-bond acceptors (Lipinski definition) is 7. The van der Waals surface area contributed by atoms with Gasteiger partial charge in [-0.05, 0) is 29.9 Å². The van der Waals surface area contributed by atoms with E-state index in [0.29, 0.717) is 12.8 Å². The molecule has 0 bridgehead atoms. The minimum Gasteiger partial charge on any atom is -0.455 e. The number of thiophene rings is 1. The average Bonchev–Trinajstić information content (AvgIpc) is 3.33. The highest BCUT2D eigenvalue weighted by Crippen LogP contribution is 2.26. The van der Waals surface area contributed by atoms with Crippen molar-refractivity contribution in [3.8, 4) is 0 Å². The minimum atomic E-state index is -3.54. The Morgan fingerprint density at radius 1 is 1.06 bits per heavy atom. The van der Waals surface area contributed by atoms with Crippen LogP contribution in [0.1, 0.15) is 18.4 Å². The van der Waals surface area contributed by atoms with Crippen LogP contribution in [0.4, 0.5) is 4.79 Å². The van der Waals surface area contributed by atoms with Crippen LogP contribution in [0.25, 0.3) is 0 Å². The van der Waals surface area contributed by atoms with Gasteiger partial charge < -0.3 is 10.1 Å². The third kappa shape index (κ3) is 6.36. The van der Waals surface area contributed by atoms with Gasteiger partial charge in [0.05, 0.1) is 5.92 Å². The SMILES string of the molecule is O=C(COC(=O)C1CCN(S(=O)(=O)c2cccs2)CC1)NC(=O)NCc1ccccc1. The van der Waals surface area contributed by atoms with Gasteiger partial charge in [0.2, 0.25) is 0 Å². The van der Waals surface area contributed by atoms with Crippen molar-refractivity contribution in [2.45, 2.75) is 23.6 Å². The Labute approximate surface area is 184 Å². The molecule has 31 heavy (non-hydrogen) atoms. The van der Waals surface area contributed by atoms with Gasteiger partial charge in [0, 0.05) is 19.6 Å². The number of benzene rings is 1. The quantitative estimate of drug-likeness (QED) is 0.601. The molecule has 2 N–H and O–H groups in total. The zero-order valence-corrected chi connectivity index (χ0v) is 18.3. The first kappa shape index (κ1) is 22.9. The maximum absolute atomic E-state index is 12.5. The summed E-state index contributed by atoms with van der Waals surface area (Å²) in [7, 11) is -3.54. The number of imide groups is 1. The van der Waals surface area contributed by atoms with E-state index in [1.165, 1.54) is 4.31 Å². The number of sulfonamides is 1. The molecule has 3 rings (SSSR count). The van der Waals surface area contributed by atoms with Crippen molar-refractivity contribution >= 4 is 39.3 Å². The zero-order valence-electron chi connectivity index (χ0n) is 16.7. The molecule has 1 aliphatic heterocycles. The number of amides is 3. The number of nitrogens with zero attached hydrogens (tertiary/aromatic N) is 1. The fraction of sp³-hybridized carbons (Fsp3) is 0.350. The molecule has 0 aliphatic carbocycles. The molecule has 3 amide bonds. The predicted molar refractivity (Wildman–Crippen MR) is 114 cm³/mol. The molecule has 2 heterocycles. The summed E-state index contributed by atoms with van der Waals surface area (Å²) in [6.07, 6.45) is 0.616. The van der Waals surface area contributed by atoms with Crippen LogP contribution in [0.2, 0.25) is 0 Å². The van der Waals surface area contributed by atoms with E-state index < -0.39 is 40.5 Å². The first-order chi connectivity index (χ1) is 14.9. The lowest BCUT2D eigenvalue weighted by atomic mass is 9.98. The lowest BCUT2D eigenvalue weighted by Crippen LogP contribution is -2.42. The maximum Gasteiger partial charge on any atom is 0.321 e. The van der Waals surface area contributed by atoms with Crippen molar-refractivity contribution in [3.05, 3.63) is 53.4 Å². The molecule has 1 aromatic carbocycles. The third-order valence-electron chi connectivity index (χ3n) is 4.77. The van der Waals surface area contributed by atoms with Crippen molar-refractivity contribution in [2.75, 3.05) is 19.7 Å². The molecule has 11 heteroatoms. The number of carbonyl (C=O) groups excluding carboxylic acids is 3. The van der Waals surface area contributed by atoms with Gasteiger partial charge in [-0.2, -0.15) is 4.31 Å². The summed E-state index contributed by atoms with van der Waals surface area (Å²) in [5.74, 6) is -1.81. The number of piperidine rings is 1. The number of nitrogens with one attached hydrogen (secondary N) is 2. The highest BCUT2D eigenvalue weighted by atomic mass is 32.2. The number of rotatable bonds is 7. The highest BCUT2D eigenvalue weighted by Gasteiger charge is 2.33. The van der Waals surface area contributed by atoms with Crippen molar-refractivity contribution in [3.63, 3.8) is 0 Å². The van der Waals surface area contributed by atoms with Gasteiger partial charge in [0.1, 0.15) is 4.21 Å². The second-order valence-corrected chi connectivity index (χ2v) is 10.0. The van der Waals surface area contributed by atoms with Crippen LogP contribution >= 0.6 is 11.3 Å². The molecular formula is C20H23N3O6S2. The lowest BCUT2D eigenvalue weighted by Gasteiger charge is -2.29. The molecule has 0 spiro atoms. The third-order valence-corrected chi connectivity index (χ3v) is 8.04. The van der Waals surface area contributed by atoms with Crippen molar-refractivity contribution < 1.29 is 27.5 Å². The molecular weight excluding hydrogens is 442 g/mol. The Bertz CT molecular complexity index is 1000. The number of carbonyl (C=O) groups is 3. The van der Waals surface area contributed by atoms with E-state index in [9.17, 15) is 22.8 Å². The molecule has 1 aromatic heterocycles. The fourth-order valence-electron chi connectivity index (χ4n) is 3.11. The van der Waals surface area contributed by atoms with Crippen LogP contribution in [0.15, 0.2) is 52.1 Å². The second-order valence-electron chi connectivity index (χ2n) is 6.93. The van der Waals surface area contributed by atoms with Gasteiger partial charge in [-0.1, -0.05) is 36.4 Å².